The molecule has 1 aliphatic heterocycles. The summed E-state index contributed by atoms with van der Waals surface area (Å²) < 4.78 is 1.13. The number of benzene rings is 1. The minimum atomic E-state index is 0.391. The van der Waals surface area contributed by atoms with Crippen LogP contribution in [0.5, 0.6) is 0 Å². The molecular formula is C14H22BrN3. The summed E-state index contributed by atoms with van der Waals surface area (Å²) in [5.41, 5.74) is 7.25. The normalized spacial score (nSPS) is 26.1. The fraction of sp³-hybridized carbons (Fsp3) is 0.571. The minimum absolute atomic E-state index is 0.391. The zero-order valence-corrected chi connectivity index (χ0v) is 12.7. The lowest BCUT2D eigenvalue weighted by molar-refractivity contribution is 0.332. The van der Waals surface area contributed by atoms with Gasteiger partial charge in [-0.05, 0) is 45.1 Å². The van der Waals surface area contributed by atoms with E-state index in [1.165, 1.54) is 12.1 Å². The van der Waals surface area contributed by atoms with Crippen molar-refractivity contribution in [2.24, 2.45) is 5.73 Å². The Hall–Kier alpha value is -0.580. The fourth-order valence-corrected chi connectivity index (χ4v) is 3.12. The first-order valence-corrected chi connectivity index (χ1v) is 7.33. The van der Waals surface area contributed by atoms with Crippen molar-refractivity contribution < 1.29 is 0 Å². The van der Waals surface area contributed by atoms with Crippen molar-refractivity contribution >= 4 is 21.6 Å². The molecule has 1 aliphatic rings. The largest absolute Gasteiger partial charge is 0.363 e. The molecule has 1 saturated heterocycles. The first-order chi connectivity index (χ1) is 8.61. The van der Waals surface area contributed by atoms with Crippen molar-refractivity contribution in [1.29, 1.82) is 0 Å². The lowest BCUT2D eigenvalue weighted by Crippen LogP contribution is -2.48. The molecule has 2 unspecified atom stereocenters. The van der Waals surface area contributed by atoms with Crippen molar-refractivity contribution in [1.82, 2.24) is 4.90 Å². The first-order valence-electron chi connectivity index (χ1n) is 6.54. The van der Waals surface area contributed by atoms with Crippen LogP contribution in [0.4, 0.5) is 5.69 Å². The third kappa shape index (κ3) is 3.05. The van der Waals surface area contributed by atoms with Crippen LogP contribution in [0.15, 0.2) is 28.7 Å². The molecule has 1 aromatic carbocycles. The topological polar surface area (TPSA) is 32.5 Å². The molecule has 0 amide bonds. The smallest absolute Gasteiger partial charge is 0.0542 e. The van der Waals surface area contributed by atoms with E-state index in [1.807, 2.05) is 0 Å². The molecule has 0 saturated carbocycles. The molecule has 1 heterocycles. The van der Waals surface area contributed by atoms with Gasteiger partial charge in [0.1, 0.15) is 0 Å². The van der Waals surface area contributed by atoms with Crippen LogP contribution in [0, 0.1) is 0 Å². The highest BCUT2D eigenvalue weighted by Gasteiger charge is 2.27. The number of halogens is 1. The van der Waals surface area contributed by atoms with Gasteiger partial charge in [-0.2, -0.15) is 0 Å². The van der Waals surface area contributed by atoms with Crippen LogP contribution >= 0.6 is 15.9 Å². The predicted molar refractivity (Wildman–Crippen MR) is 81.0 cm³/mol. The lowest BCUT2D eigenvalue weighted by Gasteiger charge is -2.36. The standard InChI is InChI=1S/C14H22BrN3/c1-11-6-7-17(2)10-14(9-16)18(11)13-5-3-4-12(15)8-13/h3-5,8,11,14H,6-7,9-10,16H2,1-2H3. The number of hydrogen-bond acceptors (Lipinski definition) is 3. The molecule has 0 spiro atoms. The second-order valence-corrected chi connectivity index (χ2v) is 6.09. The van der Waals surface area contributed by atoms with Gasteiger partial charge < -0.3 is 15.5 Å². The molecule has 4 heteroatoms. The van der Waals surface area contributed by atoms with Crippen LogP contribution in [0.2, 0.25) is 0 Å². The Kier molecular flexibility index (Phi) is 4.65. The number of anilines is 1. The number of rotatable bonds is 2. The maximum Gasteiger partial charge on any atom is 0.0542 e. The molecule has 0 aromatic heterocycles. The van der Waals surface area contributed by atoms with Gasteiger partial charge in [0.25, 0.3) is 0 Å². The van der Waals surface area contributed by atoms with E-state index in [2.05, 4.69) is 64.0 Å². The van der Waals surface area contributed by atoms with Crippen LogP contribution in [0.25, 0.3) is 0 Å². The number of nitrogens with zero attached hydrogens (tertiary/aromatic N) is 2. The number of hydrogen-bond donors (Lipinski definition) is 1. The van der Waals surface area contributed by atoms with Gasteiger partial charge in [-0.15, -0.1) is 0 Å². The zero-order chi connectivity index (χ0) is 13.1. The van der Waals surface area contributed by atoms with Crippen LogP contribution in [-0.4, -0.2) is 43.7 Å². The van der Waals surface area contributed by atoms with Gasteiger partial charge in [0.05, 0.1) is 6.04 Å². The lowest BCUT2D eigenvalue weighted by atomic mass is 10.1. The Bertz CT molecular complexity index is 396. The van der Waals surface area contributed by atoms with E-state index in [1.54, 1.807) is 0 Å². The van der Waals surface area contributed by atoms with Gasteiger partial charge >= 0.3 is 0 Å². The van der Waals surface area contributed by atoms with Gasteiger partial charge in [-0.1, -0.05) is 22.0 Å². The molecule has 1 fully saturated rings. The van der Waals surface area contributed by atoms with Gasteiger partial charge in [-0.25, -0.2) is 0 Å². The van der Waals surface area contributed by atoms with Crippen molar-refractivity contribution in [3.8, 4) is 0 Å². The Morgan fingerprint density at radius 1 is 1.44 bits per heavy atom. The Labute approximate surface area is 118 Å². The van der Waals surface area contributed by atoms with Crippen LogP contribution in [-0.2, 0) is 0 Å². The number of nitrogens with two attached hydrogens (primary N) is 1. The van der Waals surface area contributed by atoms with Crippen LogP contribution < -0.4 is 10.6 Å². The molecule has 0 aliphatic carbocycles. The molecule has 18 heavy (non-hydrogen) atoms. The maximum absolute atomic E-state index is 5.98. The molecule has 100 valence electrons. The molecule has 0 bridgehead atoms. The van der Waals surface area contributed by atoms with Crippen molar-refractivity contribution in [3.05, 3.63) is 28.7 Å². The van der Waals surface area contributed by atoms with Crippen LogP contribution in [0.1, 0.15) is 13.3 Å². The van der Waals surface area contributed by atoms with E-state index in [0.717, 1.165) is 17.6 Å². The first kappa shape index (κ1) is 13.8. The maximum atomic E-state index is 5.98. The van der Waals surface area contributed by atoms with Crippen LogP contribution in [0.3, 0.4) is 0 Å². The second kappa shape index (κ2) is 6.04. The molecule has 1 aromatic rings. The number of likely N-dealkylation sites (N-methyl/N-ethyl adjacent to an activating group) is 1. The van der Waals surface area contributed by atoms with Crippen molar-refractivity contribution in [2.45, 2.75) is 25.4 Å². The van der Waals surface area contributed by atoms with E-state index in [-0.39, 0.29) is 0 Å². The quantitative estimate of drug-likeness (QED) is 0.909. The van der Waals surface area contributed by atoms with E-state index >= 15 is 0 Å². The zero-order valence-electron chi connectivity index (χ0n) is 11.1. The van der Waals surface area contributed by atoms with E-state index < -0.39 is 0 Å². The monoisotopic (exact) mass is 311 g/mol. The Morgan fingerprint density at radius 3 is 2.89 bits per heavy atom. The highest BCUT2D eigenvalue weighted by Crippen LogP contribution is 2.26. The Balaban J connectivity index is 2.31. The molecular weight excluding hydrogens is 290 g/mol. The highest BCUT2D eigenvalue weighted by molar-refractivity contribution is 9.10. The second-order valence-electron chi connectivity index (χ2n) is 5.18. The summed E-state index contributed by atoms with van der Waals surface area (Å²) in [4.78, 5) is 4.86. The average Bonchev–Trinajstić information content (AvgIpc) is 2.49. The molecule has 0 radical (unpaired) electrons. The summed E-state index contributed by atoms with van der Waals surface area (Å²) in [6.07, 6.45) is 1.18. The van der Waals surface area contributed by atoms with E-state index in [9.17, 15) is 0 Å². The highest BCUT2D eigenvalue weighted by atomic mass is 79.9. The van der Waals surface area contributed by atoms with Gasteiger partial charge in [-0.3, -0.25) is 0 Å². The summed E-state index contributed by atoms with van der Waals surface area (Å²) in [7, 11) is 2.18. The SMILES string of the molecule is CC1CCN(C)CC(CN)N1c1cccc(Br)c1. The van der Waals surface area contributed by atoms with E-state index in [0.29, 0.717) is 18.6 Å². The molecule has 2 N–H and O–H groups in total. The summed E-state index contributed by atoms with van der Waals surface area (Å²) >= 11 is 3.55. The third-order valence-corrected chi connectivity index (χ3v) is 4.19. The molecule has 3 nitrogen and oxygen atoms in total. The Morgan fingerprint density at radius 2 is 2.22 bits per heavy atom. The summed E-state index contributed by atoms with van der Waals surface area (Å²) in [5, 5.41) is 0. The average molecular weight is 312 g/mol. The van der Waals surface area contributed by atoms with Gasteiger partial charge in [0.2, 0.25) is 0 Å². The summed E-state index contributed by atoms with van der Waals surface area (Å²) in [5.74, 6) is 0. The minimum Gasteiger partial charge on any atom is -0.363 e. The van der Waals surface area contributed by atoms with E-state index in [4.69, 9.17) is 5.73 Å². The predicted octanol–water partition coefficient (Wildman–Crippen LogP) is 2.31. The molecule has 2 atom stereocenters. The summed E-state index contributed by atoms with van der Waals surface area (Å²) in [6.45, 7) is 5.17. The fourth-order valence-electron chi connectivity index (χ4n) is 2.74. The van der Waals surface area contributed by atoms with Gasteiger partial charge in [0, 0.05) is 29.3 Å². The van der Waals surface area contributed by atoms with Crippen molar-refractivity contribution in [3.63, 3.8) is 0 Å². The third-order valence-electron chi connectivity index (χ3n) is 3.70. The molecule has 2 rings (SSSR count). The van der Waals surface area contributed by atoms with Crippen molar-refractivity contribution in [2.75, 3.05) is 31.6 Å². The van der Waals surface area contributed by atoms with Gasteiger partial charge in [0.15, 0.2) is 0 Å². The summed E-state index contributed by atoms with van der Waals surface area (Å²) in [6, 6.07) is 9.43.